The molecule has 0 bridgehead atoms. The van der Waals surface area contributed by atoms with Crippen LogP contribution in [0, 0.1) is 5.82 Å². The van der Waals surface area contributed by atoms with E-state index in [4.69, 9.17) is 5.73 Å². The van der Waals surface area contributed by atoms with Crippen molar-refractivity contribution in [3.05, 3.63) is 36.3 Å². The number of benzene rings is 1. The lowest BCUT2D eigenvalue weighted by Crippen LogP contribution is -2.08. The van der Waals surface area contributed by atoms with Crippen molar-refractivity contribution >= 4 is 5.69 Å². The van der Waals surface area contributed by atoms with Crippen molar-refractivity contribution in [2.45, 2.75) is 44.6 Å². The Hall–Kier alpha value is -1.84. The molecule has 1 aromatic heterocycles. The summed E-state index contributed by atoms with van der Waals surface area (Å²) in [6.45, 7) is 0. The molecule has 20 heavy (non-hydrogen) atoms. The molecule has 1 aromatic carbocycles. The summed E-state index contributed by atoms with van der Waals surface area (Å²) in [5.74, 6) is -0.240. The first-order chi connectivity index (χ1) is 9.74. The molecule has 1 saturated carbocycles. The number of nitrogens with two attached hydrogens (primary N) is 1. The van der Waals surface area contributed by atoms with Crippen LogP contribution in [0.3, 0.4) is 0 Å². The molecule has 0 aliphatic heterocycles. The summed E-state index contributed by atoms with van der Waals surface area (Å²) in [6.07, 6.45) is 9.42. The molecule has 2 aromatic rings. The van der Waals surface area contributed by atoms with Gasteiger partial charge in [-0.15, -0.1) is 0 Å². The average molecular weight is 273 g/mol. The van der Waals surface area contributed by atoms with Crippen LogP contribution in [-0.4, -0.2) is 9.78 Å². The third-order valence-electron chi connectivity index (χ3n) is 4.08. The highest BCUT2D eigenvalue weighted by atomic mass is 19.1. The Labute approximate surface area is 118 Å². The first kappa shape index (κ1) is 13.2. The normalized spacial score (nSPS) is 17.1. The Balaban J connectivity index is 1.88. The van der Waals surface area contributed by atoms with Crippen molar-refractivity contribution < 1.29 is 4.39 Å². The molecule has 3 nitrogen and oxygen atoms in total. The number of nitrogens with zero attached hydrogens (tertiary/aromatic N) is 2. The van der Waals surface area contributed by atoms with Gasteiger partial charge in [0.2, 0.25) is 0 Å². The van der Waals surface area contributed by atoms with Gasteiger partial charge >= 0.3 is 0 Å². The predicted octanol–water partition coefficient (Wildman–Crippen LogP) is 4.17. The van der Waals surface area contributed by atoms with Gasteiger partial charge in [-0.2, -0.15) is 5.10 Å². The monoisotopic (exact) mass is 273 g/mol. The molecule has 4 heteroatoms. The van der Waals surface area contributed by atoms with E-state index in [9.17, 15) is 4.39 Å². The van der Waals surface area contributed by atoms with E-state index in [-0.39, 0.29) is 5.82 Å². The van der Waals surface area contributed by atoms with E-state index in [2.05, 4.69) is 5.10 Å². The first-order valence-corrected chi connectivity index (χ1v) is 7.34. The quantitative estimate of drug-likeness (QED) is 0.835. The molecule has 0 unspecified atom stereocenters. The lowest BCUT2D eigenvalue weighted by molar-refractivity contribution is 0.406. The van der Waals surface area contributed by atoms with Crippen molar-refractivity contribution in [2.75, 3.05) is 5.73 Å². The molecule has 0 spiro atoms. The smallest absolute Gasteiger partial charge is 0.123 e. The molecule has 1 fully saturated rings. The number of anilines is 1. The molecule has 1 heterocycles. The van der Waals surface area contributed by atoms with E-state index in [1.165, 1.54) is 50.7 Å². The Morgan fingerprint density at radius 2 is 1.70 bits per heavy atom. The number of aromatic nitrogens is 2. The molecule has 0 atom stereocenters. The zero-order valence-electron chi connectivity index (χ0n) is 11.6. The van der Waals surface area contributed by atoms with E-state index in [0.29, 0.717) is 11.7 Å². The standard InChI is InChI=1S/C16H20FN3/c17-13-9-7-12(8-10-13)16-15(18)11-20(19-16)14-5-3-1-2-4-6-14/h7-11,14H,1-6,18H2. The van der Waals surface area contributed by atoms with Crippen LogP contribution in [0.4, 0.5) is 10.1 Å². The maximum Gasteiger partial charge on any atom is 0.123 e. The number of nitrogen functional groups attached to an aromatic ring is 1. The molecule has 106 valence electrons. The van der Waals surface area contributed by atoms with Crippen LogP contribution in [-0.2, 0) is 0 Å². The molecular formula is C16H20FN3. The number of hydrogen-bond acceptors (Lipinski definition) is 2. The predicted molar refractivity (Wildman–Crippen MR) is 78.8 cm³/mol. The SMILES string of the molecule is Nc1cn(C2CCCCCC2)nc1-c1ccc(F)cc1. The molecule has 0 radical (unpaired) electrons. The largest absolute Gasteiger partial charge is 0.396 e. The maximum absolute atomic E-state index is 13.0. The summed E-state index contributed by atoms with van der Waals surface area (Å²) in [7, 11) is 0. The molecule has 1 aliphatic carbocycles. The molecule has 3 rings (SSSR count). The Morgan fingerprint density at radius 1 is 1.05 bits per heavy atom. The van der Waals surface area contributed by atoms with Gasteiger partial charge in [0.05, 0.1) is 11.7 Å². The maximum atomic E-state index is 13.0. The van der Waals surface area contributed by atoms with Gasteiger partial charge in [0.1, 0.15) is 11.5 Å². The summed E-state index contributed by atoms with van der Waals surface area (Å²) < 4.78 is 15.0. The van der Waals surface area contributed by atoms with Gasteiger partial charge in [0.15, 0.2) is 0 Å². The van der Waals surface area contributed by atoms with Crippen molar-refractivity contribution in [1.82, 2.24) is 9.78 Å². The summed E-state index contributed by atoms with van der Waals surface area (Å²) in [6, 6.07) is 6.80. The second-order valence-corrected chi connectivity index (χ2v) is 5.57. The van der Waals surface area contributed by atoms with Crippen molar-refractivity contribution in [3.63, 3.8) is 0 Å². The van der Waals surface area contributed by atoms with E-state index in [0.717, 1.165) is 11.3 Å². The highest BCUT2D eigenvalue weighted by Crippen LogP contribution is 2.30. The number of halogens is 1. The fourth-order valence-electron chi connectivity index (χ4n) is 2.95. The molecule has 0 amide bonds. The van der Waals surface area contributed by atoms with Crippen molar-refractivity contribution in [3.8, 4) is 11.3 Å². The zero-order valence-corrected chi connectivity index (χ0v) is 11.6. The first-order valence-electron chi connectivity index (χ1n) is 7.34. The van der Waals surface area contributed by atoms with Crippen LogP contribution in [0.15, 0.2) is 30.5 Å². The van der Waals surface area contributed by atoms with E-state index in [1.54, 1.807) is 12.1 Å². The van der Waals surface area contributed by atoms with Gasteiger partial charge in [0.25, 0.3) is 0 Å². The van der Waals surface area contributed by atoms with Crippen molar-refractivity contribution in [2.24, 2.45) is 0 Å². The minimum atomic E-state index is -0.240. The summed E-state index contributed by atoms with van der Waals surface area (Å²) in [5, 5.41) is 4.64. The van der Waals surface area contributed by atoms with Crippen LogP contribution < -0.4 is 5.73 Å². The van der Waals surface area contributed by atoms with Gasteiger partial charge in [-0.25, -0.2) is 4.39 Å². The lowest BCUT2D eigenvalue weighted by atomic mass is 10.1. The van der Waals surface area contributed by atoms with E-state index >= 15 is 0 Å². The second-order valence-electron chi connectivity index (χ2n) is 5.57. The third kappa shape index (κ3) is 2.69. The topological polar surface area (TPSA) is 43.8 Å². The minimum Gasteiger partial charge on any atom is -0.396 e. The second kappa shape index (κ2) is 5.65. The number of hydrogen-bond donors (Lipinski definition) is 1. The van der Waals surface area contributed by atoms with Crippen LogP contribution in [0.5, 0.6) is 0 Å². The highest BCUT2D eigenvalue weighted by molar-refractivity contribution is 5.71. The van der Waals surface area contributed by atoms with Crippen molar-refractivity contribution in [1.29, 1.82) is 0 Å². The fraction of sp³-hybridized carbons (Fsp3) is 0.438. The highest BCUT2D eigenvalue weighted by Gasteiger charge is 2.17. The third-order valence-corrected chi connectivity index (χ3v) is 4.08. The number of rotatable bonds is 2. The summed E-state index contributed by atoms with van der Waals surface area (Å²) in [5.41, 5.74) is 8.38. The van der Waals surface area contributed by atoms with Crippen LogP contribution >= 0.6 is 0 Å². The zero-order chi connectivity index (χ0) is 13.9. The Morgan fingerprint density at radius 3 is 2.35 bits per heavy atom. The Bertz CT molecular complexity index is 566. The van der Waals surface area contributed by atoms with Gasteiger partial charge < -0.3 is 5.73 Å². The van der Waals surface area contributed by atoms with Crippen LogP contribution in [0.1, 0.15) is 44.6 Å². The van der Waals surface area contributed by atoms with Crippen LogP contribution in [0.25, 0.3) is 11.3 Å². The molecular weight excluding hydrogens is 253 g/mol. The fourth-order valence-corrected chi connectivity index (χ4v) is 2.95. The molecule has 0 saturated heterocycles. The van der Waals surface area contributed by atoms with Crippen LogP contribution in [0.2, 0.25) is 0 Å². The lowest BCUT2D eigenvalue weighted by Gasteiger charge is -2.14. The van der Waals surface area contributed by atoms with Gasteiger partial charge in [-0.3, -0.25) is 4.68 Å². The van der Waals surface area contributed by atoms with E-state index < -0.39 is 0 Å². The Kier molecular flexibility index (Phi) is 3.72. The average Bonchev–Trinajstić information content (AvgIpc) is 2.66. The summed E-state index contributed by atoms with van der Waals surface area (Å²) >= 11 is 0. The van der Waals surface area contributed by atoms with E-state index in [1.807, 2.05) is 10.9 Å². The van der Waals surface area contributed by atoms with Gasteiger partial charge in [-0.05, 0) is 37.1 Å². The minimum absolute atomic E-state index is 0.240. The summed E-state index contributed by atoms with van der Waals surface area (Å²) in [4.78, 5) is 0. The molecule has 1 aliphatic rings. The van der Waals surface area contributed by atoms with Gasteiger partial charge in [-0.1, -0.05) is 25.7 Å². The van der Waals surface area contributed by atoms with Gasteiger partial charge in [0, 0.05) is 11.8 Å². The molecule has 2 N–H and O–H groups in total.